The Balaban J connectivity index is 1.30. The first-order valence-corrected chi connectivity index (χ1v) is 15.5. The molecular weight excluding hydrogens is 552 g/mol. The monoisotopic (exact) mass is 590 g/mol. The Bertz CT molecular complexity index is 1810. The Kier molecular flexibility index (Phi) is 7.85. The molecule has 0 bridgehead atoms. The summed E-state index contributed by atoms with van der Waals surface area (Å²) in [6, 6.07) is 28.4. The smallest absolute Gasteiger partial charge is 0.137 e. The molecule has 4 aliphatic rings. The van der Waals surface area contributed by atoms with Crippen LogP contribution >= 0.6 is 0 Å². The average Bonchev–Trinajstić information content (AvgIpc) is 3.09. The number of rotatable bonds is 6. The van der Waals surface area contributed by atoms with Gasteiger partial charge in [-0.2, -0.15) is 0 Å². The second kappa shape index (κ2) is 12.4. The van der Waals surface area contributed by atoms with Crippen LogP contribution in [0.5, 0.6) is 0 Å². The molecule has 2 atom stereocenters. The van der Waals surface area contributed by atoms with Gasteiger partial charge in [0.25, 0.3) is 0 Å². The standard InChI is InChI=1S/C39H38N6/c1-43-20-8-17-35(26-43)29-11-4-13-31(22-29)37-41-38(32-14-5-10-28(23-32)34-16-7-19-40-25-34)45(3)39(42-37)33-15-6-12-30(24-33)36-18-9-21-44(2)27-36/h5-12,14-18,22-27,37-38,40-41H,19-21H2,1-3H3. The van der Waals surface area contributed by atoms with Gasteiger partial charge in [0, 0.05) is 70.5 Å². The summed E-state index contributed by atoms with van der Waals surface area (Å²) in [4.78, 5) is 12.0. The van der Waals surface area contributed by atoms with Crippen LogP contribution < -0.4 is 10.6 Å². The number of nitrogens with zero attached hydrogens (tertiary/aromatic N) is 4. The SMILES string of the molecule is CN1C=C(c2cc#cc(C3N=C(c4cccc(C5=CN(C)CC=C5)c4)N(C)C(c4cccc(C5=CNCC=C5)c4)N3)c2)C=CC1. The molecule has 224 valence electrons. The highest BCUT2D eigenvalue weighted by molar-refractivity contribution is 6.00. The first kappa shape index (κ1) is 28.5. The summed E-state index contributed by atoms with van der Waals surface area (Å²) in [6.45, 7) is 2.69. The average molecular weight is 591 g/mol. The number of hydrogen-bond acceptors (Lipinski definition) is 6. The molecule has 0 saturated carbocycles. The Morgan fingerprint density at radius 2 is 1.44 bits per heavy atom. The fraction of sp³-hybridized carbons (Fsp3) is 0.205. The number of amidine groups is 1. The van der Waals surface area contributed by atoms with E-state index >= 15 is 0 Å². The lowest BCUT2D eigenvalue weighted by Gasteiger charge is -2.39. The van der Waals surface area contributed by atoms with Crippen LogP contribution in [0, 0.1) is 12.1 Å². The van der Waals surface area contributed by atoms with E-state index in [1.807, 2.05) is 6.07 Å². The minimum Gasteiger partial charge on any atom is -0.387 e. The van der Waals surface area contributed by atoms with Gasteiger partial charge in [-0.3, -0.25) is 5.32 Å². The zero-order valence-electron chi connectivity index (χ0n) is 26.0. The maximum atomic E-state index is 5.35. The van der Waals surface area contributed by atoms with Crippen LogP contribution in [-0.4, -0.2) is 61.3 Å². The molecule has 45 heavy (non-hydrogen) atoms. The Morgan fingerprint density at radius 3 is 2.18 bits per heavy atom. The van der Waals surface area contributed by atoms with Crippen molar-refractivity contribution in [3.8, 4) is 0 Å². The van der Waals surface area contributed by atoms with Crippen molar-refractivity contribution in [2.45, 2.75) is 12.3 Å². The molecule has 4 heterocycles. The van der Waals surface area contributed by atoms with Crippen molar-refractivity contribution in [3.05, 3.63) is 161 Å². The van der Waals surface area contributed by atoms with Gasteiger partial charge < -0.3 is 20.0 Å². The van der Waals surface area contributed by atoms with E-state index in [0.717, 1.165) is 47.7 Å². The maximum Gasteiger partial charge on any atom is 0.137 e. The van der Waals surface area contributed by atoms with Crippen LogP contribution in [0.3, 0.4) is 0 Å². The molecule has 0 radical (unpaired) electrons. The van der Waals surface area contributed by atoms with Crippen molar-refractivity contribution in [2.24, 2.45) is 4.99 Å². The van der Waals surface area contributed by atoms with Crippen LogP contribution in [0.25, 0.3) is 16.7 Å². The maximum absolute atomic E-state index is 5.35. The van der Waals surface area contributed by atoms with E-state index in [4.69, 9.17) is 4.99 Å². The first-order chi connectivity index (χ1) is 22.0. The van der Waals surface area contributed by atoms with E-state index in [1.165, 1.54) is 27.8 Å². The molecule has 0 amide bonds. The number of benzene rings is 2. The largest absolute Gasteiger partial charge is 0.387 e. The van der Waals surface area contributed by atoms with Crippen molar-refractivity contribution >= 4 is 22.6 Å². The van der Waals surface area contributed by atoms with Gasteiger partial charge in [-0.1, -0.05) is 85.0 Å². The Labute approximate surface area is 266 Å². The number of nitrogens with one attached hydrogen (secondary N) is 2. The summed E-state index contributed by atoms with van der Waals surface area (Å²) in [5.41, 5.74) is 10.2. The summed E-state index contributed by atoms with van der Waals surface area (Å²) >= 11 is 0. The van der Waals surface area contributed by atoms with Gasteiger partial charge >= 0.3 is 0 Å². The van der Waals surface area contributed by atoms with Gasteiger partial charge in [0.2, 0.25) is 0 Å². The molecule has 7 rings (SSSR count). The molecule has 0 aromatic heterocycles. The van der Waals surface area contributed by atoms with Gasteiger partial charge in [-0.15, -0.1) is 0 Å². The third-order valence-electron chi connectivity index (χ3n) is 8.55. The third kappa shape index (κ3) is 6.08. The van der Waals surface area contributed by atoms with E-state index in [-0.39, 0.29) is 12.3 Å². The zero-order valence-corrected chi connectivity index (χ0v) is 26.0. The van der Waals surface area contributed by atoms with Crippen molar-refractivity contribution in [1.29, 1.82) is 0 Å². The normalized spacial score (nSPS) is 21.0. The van der Waals surface area contributed by atoms with Crippen LogP contribution in [0.1, 0.15) is 45.7 Å². The fourth-order valence-corrected chi connectivity index (χ4v) is 6.22. The van der Waals surface area contributed by atoms with E-state index < -0.39 is 0 Å². The topological polar surface area (TPSA) is 46.1 Å². The van der Waals surface area contributed by atoms with E-state index in [1.54, 1.807) is 0 Å². The zero-order chi connectivity index (χ0) is 30.8. The molecule has 3 aromatic carbocycles. The van der Waals surface area contributed by atoms with Crippen LogP contribution in [0.15, 0.2) is 121 Å². The number of aliphatic imine (C=N–C) groups is 1. The van der Waals surface area contributed by atoms with Gasteiger partial charge in [-0.25, -0.2) is 4.99 Å². The van der Waals surface area contributed by atoms with Gasteiger partial charge in [0.05, 0.1) is 0 Å². The lowest BCUT2D eigenvalue weighted by Crippen LogP contribution is -2.46. The lowest BCUT2D eigenvalue weighted by molar-refractivity contribution is 0.257. The van der Waals surface area contributed by atoms with Crippen molar-refractivity contribution in [3.63, 3.8) is 0 Å². The lowest BCUT2D eigenvalue weighted by atomic mass is 9.98. The van der Waals surface area contributed by atoms with Gasteiger partial charge in [-0.05, 0) is 63.2 Å². The van der Waals surface area contributed by atoms with Crippen molar-refractivity contribution < 1.29 is 0 Å². The Morgan fingerprint density at radius 1 is 0.756 bits per heavy atom. The van der Waals surface area contributed by atoms with E-state index in [9.17, 15) is 0 Å². The van der Waals surface area contributed by atoms with E-state index in [2.05, 4.69) is 168 Å². The molecule has 0 aliphatic carbocycles. The summed E-state index contributed by atoms with van der Waals surface area (Å²) in [6.07, 6.45) is 19.2. The van der Waals surface area contributed by atoms with Crippen LogP contribution in [0.2, 0.25) is 0 Å². The summed E-state index contributed by atoms with van der Waals surface area (Å²) in [5, 5.41) is 7.19. The molecule has 6 heteroatoms. The molecule has 2 unspecified atom stereocenters. The van der Waals surface area contributed by atoms with E-state index in [0.29, 0.717) is 0 Å². The molecule has 2 N–H and O–H groups in total. The molecule has 0 saturated heterocycles. The minimum absolute atomic E-state index is 0.121. The first-order valence-electron chi connectivity index (χ1n) is 15.5. The number of likely N-dealkylation sites (N-methyl/N-ethyl adjacent to an activating group) is 2. The molecule has 0 fully saturated rings. The van der Waals surface area contributed by atoms with Gasteiger partial charge in [0.15, 0.2) is 0 Å². The van der Waals surface area contributed by atoms with Gasteiger partial charge in [0.1, 0.15) is 18.2 Å². The number of dihydropyridines is 1. The highest BCUT2D eigenvalue weighted by atomic mass is 15.4. The number of hydrogen-bond donors (Lipinski definition) is 2. The van der Waals surface area contributed by atoms with Crippen molar-refractivity contribution in [1.82, 2.24) is 25.3 Å². The highest BCUT2D eigenvalue weighted by Gasteiger charge is 2.31. The predicted molar refractivity (Wildman–Crippen MR) is 185 cm³/mol. The highest BCUT2D eigenvalue weighted by Crippen LogP contribution is 2.33. The molecule has 3 aromatic rings. The predicted octanol–water partition coefficient (Wildman–Crippen LogP) is 6.15. The van der Waals surface area contributed by atoms with Crippen LogP contribution in [0.4, 0.5) is 0 Å². The molecular formula is C39H38N6. The number of allylic oxidation sites excluding steroid dienone is 6. The molecule has 4 aliphatic heterocycles. The second-order valence-electron chi connectivity index (χ2n) is 12.0. The molecule has 6 nitrogen and oxygen atoms in total. The minimum atomic E-state index is -0.314. The van der Waals surface area contributed by atoms with Crippen LogP contribution in [-0.2, 0) is 0 Å². The van der Waals surface area contributed by atoms with Crippen molar-refractivity contribution in [2.75, 3.05) is 40.8 Å². The summed E-state index contributed by atoms with van der Waals surface area (Å²) in [7, 11) is 6.33. The Hall–Kier alpha value is -5.25. The third-order valence-corrected chi connectivity index (χ3v) is 8.55. The fourth-order valence-electron chi connectivity index (χ4n) is 6.22. The molecule has 0 spiro atoms. The second-order valence-corrected chi connectivity index (χ2v) is 12.0. The quantitative estimate of drug-likeness (QED) is 0.361. The summed E-state index contributed by atoms with van der Waals surface area (Å²) in [5.74, 6) is 0.929. The summed E-state index contributed by atoms with van der Waals surface area (Å²) < 4.78 is 0.